The van der Waals surface area contributed by atoms with Gasteiger partial charge >= 0.3 is 0 Å². The fourth-order valence-corrected chi connectivity index (χ4v) is 3.13. The van der Waals surface area contributed by atoms with Crippen molar-refractivity contribution >= 4 is 15.7 Å². The Hall–Kier alpha value is -1.14. The van der Waals surface area contributed by atoms with Gasteiger partial charge in [0.2, 0.25) is 0 Å². The molecule has 2 rings (SSSR count). The van der Waals surface area contributed by atoms with Crippen LogP contribution in [0.15, 0.2) is 23.2 Å². The molecule has 1 saturated heterocycles. The number of pyridine rings is 1. The highest BCUT2D eigenvalue weighted by Crippen LogP contribution is 2.25. The van der Waals surface area contributed by atoms with Crippen molar-refractivity contribution in [3.8, 4) is 0 Å². The molecule has 0 atom stereocenters. The summed E-state index contributed by atoms with van der Waals surface area (Å²) >= 11 is 0. The molecule has 0 radical (unpaired) electrons. The van der Waals surface area contributed by atoms with Gasteiger partial charge in [0.15, 0.2) is 9.84 Å². The van der Waals surface area contributed by atoms with E-state index in [2.05, 4.69) is 15.2 Å². The number of sulfone groups is 1. The van der Waals surface area contributed by atoms with Crippen LogP contribution in [0.25, 0.3) is 0 Å². The smallest absolute Gasteiger partial charge is 0.179 e. The summed E-state index contributed by atoms with van der Waals surface area (Å²) in [7, 11) is -1.26. The van der Waals surface area contributed by atoms with Gasteiger partial charge in [0.05, 0.1) is 0 Å². The summed E-state index contributed by atoms with van der Waals surface area (Å²) in [5.41, 5.74) is 0. The maximum atomic E-state index is 11.7. The maximum Gasteiger partial charge on any atom is 0.179 e. The fraction of sp³-hybridized carbons (Fsp3) is 0.583. The average molecular weight is 269 g/mol. The van der Waals surface area contributed by atoms with E-state index in [4.69, 9.17) is 0 Å². The van der Waals surface area contributed by atoms with Crippen LogP contribution >= 0.6 is 0 Å². The van der Waals surface area contributed by atoms with Crippen LogP contribution in [0.5, 0.6) is 0 Å². The Morgan fingerprint density at radius 2 is 2.06 bits per heavy atom. The van der Waals surface area contributed by atoms with E-state index in [1.807, 2.05) is 7.05 Å². The Labute approximate surface area is 108 Å². The molecule has 1 aromatic heterocycles. The van der Waals surface area contributed by atoms with E-state index in [1.54, 1.807) is 18.3 Å². The number of nitrogens with one attached hydrogen (secondary N) is 1. The van der Waals surface area contributed by atoms with Gasteiger partial charge in [-0.15, -0.1) is 0 Å². The van der Waals surface area contributed by atoms with Crippen LogP contribution in [0.2, 0.25) is 0 Å². The van der Waals surface area contributed by atoms with Crippen molar-refractivity contribution in [3.05, 3.63) is 18.3 Å². The third-order valence-electron chi connectivity index (χ3n) is 3.35. The summed E-state index contributed by atoms with van der Waals surface area (Å²) in [4.78, 5) is 6.63. The van der Waals surface area contributed by atoms with Crippen LogP contribution in [0.3, 0.4) is 0 Å². The van der Waals surface area contributed by atoms with E-state index >= 15 is 0 Å². The Morgan fingerprint density at radius 1 is 1.39 bits per heavy atom. The monoisotopic (exact) mass is 269 g/mol. The molecule has 0 aliphatic carbocycles. The molecule has 6 heteroatoms. The molecule has 1 aliphatic rings. The van der Waals surface area contributed by atoms with Crippen LogP contribution < -0.4 is 10.2 Å². The highest BCUT2D eigenvalue weighted by atomic mass is 32.2. The second-order valence-electron chi connectivity index (χ2n) is 4.65. The number of hydrogen-bond donors (Lipinski definition) is 1. The lowest BCUT2D eigenvalue weighted by atomic mass is 10.1. The lowest BCUT2D eigenvalue weighted by Gasteiger charge is -2.33. The van der Waals surface area contributed by atoms with E-state index in [1.165, 1.54) is 6.26 Å². The van der Waals surface area contributed by atoms with Gasteiger partial charge in [-0.25, -0.2) is 13.4 Å². The van der Waals surface area contributed by atoms with Gasteiger partial charge in [-0.3, -0.25) is 0 Å². The number of piperidine rings is 1. The average Bonchev–Trinajstić information content (AvgIpc) is 2.38. The molecule has 1 fully saturated rings. The van der Waals surface area contributed by atoms with Crippen LogP contribution in [0.1, 0.15) is 12.8 Å². The van der Waals surface area contributed by atoms with Crippen molar-refractivity contribution in [2.45, 2.75) is 23.8 Å². The van der Waals surface area contributed by atoms with Gasteiger partial charge in [0.1, 0.15) is 10.7 Å². The third kappa shape index (κ3) is 2.81. The zero-order valence-corrected chi connectivity index (χ0v) is 11.6. The Balaban J connectivity index is 2.25. The standard InChI is InChI=1S/C12H19N3O2S/c1-13-10-5-8-15(9-6-10)12-11(18(2,16)17)4-3-7-14-12/h3-4,7,10,13H,5-6,8-9H2,1-2H3. The van der Waals surface area contributed by atoms with E-state index in [0.29, 0.717) is 16.8 Å². The molecule has 18 heavy (non-hydrogen) atoms. The van der Waals surface area contributed by atoms with Gasteiger partial charge in [0, 0.05) is 31.6 Å². The second-order valence-corrected chi connectivity index (χ2v) is 6.63. The largest absolute Gasteiger partial charge is 0.355 e. The van der Waals surface area contributed by atoms with Crippen molar-refractivity contribution < 1.29 is 8.42 Å². The zero-order chi connectivity index (χ0) is 13.2. The number of rotatable bonds is 3. The normalized spacial score (nSPS) is 18.0. The molecular formula is C12H19N3O2S. The van der Waals surface area contributed by atoms with E-state index in [9.17, 15) is 8.42 Å². The first-order valence-corrected chi connectivity index (χ1v) is 7.99. The van der Waals surface area contributed by atoms with Crippen molar-refractivity contribution in [1.82, 2.24) is 10.3 Å². The van der Waals surface area contributed by atoms with Crippen molar-refractivity contribution in [3.63, 3.8) is 0 Å². The summed E-state index contributed by atoms with van der Waals surface area (Å²) in [5.74, 6) is 0.592. The molecule has 5 nitrogen and oxygen atoms in total. The second kappa shape index (κ2) is 5.24. The van der Waals surface area contributed by atoms with Crippen LogP contribution in [0, 0.1) is 0 Å². The van der Waals surface area contributed by atoms with Gasteiger partial charge in [-0.05, 0) is 32.0 Å². The van der Waals surface area contributed by atoms with Gasteiger partial charge in [-0.1, -0.05) is 0 Å². The molecule has 0 spiro atoms. The Morgan fingerprint density at radius 3 is 2.61 bits per heavy atom. The zero-order valence-electron chi connectivity index (χ0n) is 10.8. The molecule has 0 unspecified atom stereocenters. The Bertz CT molecular complexity index is 508. The maximum absolute atomic E-state index is 11.7. The SMILES string of the molecule is CNC1CCN(c2ncccc2S(C)(=O)=O)CC1. The summed E-state index contributed by atoms with van der Waals surface area (Å²) in [6, 6.07) is 3.81. The topological polar surface area (TPSA) is 62.3 Å². The van der Waals surface area contributed by atoms with Gasteiger partial charge < -0.3 is 10.2 Å². The lowest BCUT2D eigenvalue weighted by Crippen LogP contribution is -2.42. The Kier molecular flexibility index (Phi) is 3.87. The quantitative estimate of drug-likeness (QED) is 0.874. The van der Waals surface area contributed by atoms with Gasteiger partial charge in [0.25, 0.3) is 0 Å². The molecule has 0 bridgehead atoms. The molecule has 2 heterocycles. The molecule has 0 amide bonds. The molecule has 1 N–H and O–H groups in total. The van der Waals surface area contributed by atoms with Crippen LogP contribution in [0.4, 0.5) is 5.82 Å². The highest BCUT2D eigenvalue weighted by molar-refractivity contribution is 7.90. The van der Waals surface area contributed by atoms with E-state index in [0.717, 1.165) is 25.9 Å². The predicted molar refractivity (Wildman–Crippen MR) is 71.6 cm³/mol. The van der Waals surface area contributed by atoms with Crippen LogP contribution in [-0.2, 0) is 9.84 Å². The minimum absolute atomic E-state index is 0.327. The highest BCUT2D eigenvalue weighted by Gasteiger charge is 2.23. The number of nitrogens with zero attached hydrogens (tertiary/aromatic N) is 2. The first kappa shape index (κ1) is 13.3. The number of anilines is 1. The first-order valence-electron chi connectivity index (χ1n) is 6.09. The van der Waals surface area contributed by atoms with Crippen LogP contribution in [-0.4, -0.2) is 45.8 Å². The molecule has 1 aliphatic heterocycles. The first-order chi connectivity index (χ1) is 8.52. The molecule has 1 aromatic rings. The van der Waals surface area contributed by atoms with Gasteiger partial charge in [-0.2, -0.15) is 0 Å². The number of aromatic nitrogens is 1. The molecular weight excluding hydrogens is 250 g/mol. The van der Waals surface area contributed by atoms with E-state index in [-0.39, 0.29) is 0 Å². The third-order valence-corrected chi connectivity index (χ3v) is 4.47. The summed E-state index contributed by atoms with van der Waals surface area (Å²) in [6.07, 6.45) is 4.90. The van der Waals surface area contributed by atoms with Crippen molar-refractivity contribution in [1.29, 1.82) is 0 Å². The minimum Gasteiger partial charge on any atom is -0.355 e. The summed E-state index contributed by atoms with van der Waals surface area (Å²) < 4.78 is 23.5. The van der Waals surface area contributed by atoms with Crippen molar-refractivity contribution in [2.24, 2.45) is 0 Å². The predicted octanol–water partition coefficient (Wildman–Crippen LogP) is 0.673. The lowest BCUT2D eigenvalue weighted by molar-refractivity contribution is 0.439. The van der Waals surface area contributed by atoms with E-state index < -0.39 is 9.84 Å². The summed E-state index contributed by atoms with van der Waals surface area (Å²) in [5, 5.41) is 3.26. The molecule has 100 valence electrons. The fourth-order valence-electron chi connectivity index (χ4n) is 2.29. The molecule has 0 aromatic carbocycles. The number of hydrogen-bond acceptors (Lipinski definition) is 5. The van der Waals surface area contributed by atoms with Crippen molar-refractivity contribution in [2.75, 3.05) is 31.3 Å². The summed E-state index contributed by atoms with van der Waals surface area (Å²) in [6.45, 7) is 1.68. The minimum atomic E-state index is -3.22. The molecule has 0 saturated carbocycles.